The highest BCUT2D eigenvalue weighted by Crippen LogP contribution is 2.95. The van der Waals surface area contributed by atoms with Crippen LogP contribution < -0.4 is 5.73 Å². The van der Waals surface area contributed by atoms with Crippen LogP contribution >= 0.6 is 11.8 Å². The summed E-state index contributed by atoms with van der Waals surface area (Å²) >= 11 is 1.38. The zero-order chi connectivity index (χ0) is 15.4. The average Bonchev–Trinajstić information content (AvgIpc) is 3.18. The van der Waals surface area contributed by atoms with Crippen LogP contribution in [-0.2, 0) is 0 Å². The Balaban J connectivity index is 1.66. The van der Waals surface area contributed by atoms with Crippen molar-refractivity contribution in [2.75, 3.05) is 18.6 Å². The van der Waals surface area contributed by atoms with Gasteiger partial charge in [0.05, 0.1) is 19.0 Å². The Hall–Kier alpha value is -1.42. The molecule has 0 saturated heterocycles. The van der Waals surface area contributed by atoms with Crippen molar-refractivity contribution in [2.45, 2.75) is 22.9 Å². The number of fused-ring (bicyclic) bond motifs is 2. The third-order valence-electron chi connectivity index (χ3n) is 5.87. The van der Waals surface area contributed by atoms with Crippen LogP contribution in [0.25, 0.3) is 11.2 Å². The third-order valence-corrected chi connectivity index (χ3v) is 6.42. The van der Waals surface area contributed by atoms with Gasteiger partial charge in [-0.15, -0.1) is 0 Å². The fourth-order valence-electron chi connectivity index (χ4n) is 4.81. The smallest absolute Gasteiger partial charge is 0.191 e. The van der Waals surface area contributed by atoms with Crippen LogP contribution in [0, 0.1) is 17.3 Å². The molecule has 0 radical (unpaired) electrons. The van der Waals surface area contributed by atoms with Gasteiger partial charge in [0, 0.05) is 11.3 Å². The quantitative estimate of drug-likeness (QED) is 0.419. The van der Waals surface area contributed by atoms with Gasteiger partial charge in [-0.3, -0.25) is 0 Å². The van der Waals surface area contributed by atoms with Crippen LogP contribution in [0.15, 0.2) is 11.5 Å². The van der Waals surface area contributed by atoms with E-state index >= 15 is 0 Å². The SMILES string of the molecule is CSc1nc(N)c2ncn([C@H]3C(O)C4(O)C5[C@H]3[C@@]54CO)c2n1. The van der Waals surface area contributed by atoms with E-state index in [2.05, 4.69) is 15.0 Å². The van der Waals surface area contributed by atoms with Gasteiger partial charge in [-0.1, -0.05) is 11.8 Å². The molecule has 4 aliphatic rings. The molecule has 2 heterocycles. The number of hydrogen-bond acceptors (Lipinski definition) is 8. The molecule has 8 nitrogen and oxygen atoms in total. The number of hydrogen-bond donors (Lipinski definition) is 4. The van der Waals surface area contributed by atoms with Crippen molar-refractivity contribution < 1.29 is 15.3 Å². The Bertz CT molecular complexity index is 823. The maximum atomic E-state index is 10.5. The van der Waals surface area contributed by atoms with E-state index in [-0.39, 0.29) is 24.5 Å². The van der Waals surface area contributed by atoms with Gasteiger partial charge in [-0.2, -0.15) is 0 Å². The third kappa shape index (κ3) is 1.06. The molecule has 5 N–H and O–H groups in total. The monoisotopic (exact) mass is 321 g/mol. The summed E-state index contributed by atoms with van der Waals surface area (Å²) in [5.74, 6) is 0.335. The van der Waals surface area contributed by atoms with E-state index in [1.165, 1.54) is 11.8 Å². The molecule has 0 amide bonds. The highest BCUT2D eigenvalue weighted by molar-refractivity contribution is 7.98. The van der Waals surface area contributed by atoms with E-state index < -0.39 is 17.1 Å². The van der Waals surface area contributed by atoms with Crippen molar-refractivity contribution in [3.05, 3.63) is 6.33 Å². The number of aliphatic hydroxyl groups excluding tert-OH is 2. The Labute approximate surface area is 129 Å². The molecule has 3 unspecified atom stereocenters. The van der Waals surface area contributed by atoms with Gasteiger partial charge in [-0.05, 0) is 12.2 Å². The maximum Gasteiger partial charge on any atom is 0.191 e. The van der Waals surface area contributed by atoms with Gasteiger partial charge in [0.15, 0.2) is 16.6 Å². The van der Waals surface area contributed by atoms with Crippen molar-refractivity contribution >= 4 is 28.7 Å². The first kappa shape index (κ1) is 13.1. The molecular weight excluding hydrogens is 306 g/mol. The Morgan fingerprint density at radius 2 is 2.23 bits per heavy atom. The summed E-state index contributed by atoms with van der Waals surface area (Å²) in [6, 6.07) is -0.337. The van der Waals surface area contributed by atoms with Gasteiger partial charge in [0.25, 0.3) is 0 Å². The minimum absolute atomic E-state index is 0.0262. The van der Waals surface area contributed by atoms with Crippen LogP contribution in [-0.4, -0.2) is 59.4 Å². The van der Waals surface area contributed by atoms with Gasteiger partial charge < -0.3 is 25.6 Å². The van der Waals surface area contributed by atoms with E-state index in [0.29, 0.717) is 22.1 Å². The molecular formula is C13H15N5O3S. The lowest BCUT2D eigenvalue weighted by atomic mass is 10.0. The molecule has 0 spiro atoms. The van der Waals surface area contributed by atoms with E-state index in [9.17, 15) is 15.3 Å². The standard InChI is InChI=1S/C13H15N5O3S/c1-22-11-16-9(14)5-10(17-11)18(3-15-5)6-4-7-12(4,2-19)13(7,21)8(6)20/h3-4,6-8,19-21H,2H2,1H3,(H2,14,16,17)/t4-,6+,7?,8?,12-,13?/m0/s1. The van der Waals surface area contributed by atoms with Crippen molar-refractivity contribution in [1.82, 2.24) is 19.5 Å². The summed E-state index contributed by atoms with van der Waals surface area (Å²) in [4.78, 5) is 12.9. The summed E-state index contributed by atoms with van der Waals surface area (Å²) in [5, 5.41) is 31.1. The molecule has 4 fully saturated rings. The van der Waals surface area contributed by atoms with Crippen molar-refractivity contribution in [3.63, 3.8) is 0 Å². The Kier molecular flexibility index (Phi) is 2.11. The van der Waals surface area contributed by atoms with Gasteiger partial charge in [0.1, 0.15) is 17.2 Å². The molecule has 2 aromatic rings. The summed E-state index contributed by atoms with van der Waals surface area (Å²) in [6.45, 7) is -0.105. The minimum Gasteiger partial charge on any atom is -0.396 e. The zero-order valence-corrected chi connectivity index (χ0v) is 12.5. The number of thioether (sulfide) groups is 1. The highest BCUT2D eigenvalue weighted by Gasteiger charge is 3.04. The molecule has 9 heteroatoms. The number of anilines is 1. The van der Waals surface area contributed by atoms with E-state index in [1.807, 2.05) is 6.26 Å². The molecule has 6 rings (SSSR count). The molecule has 2 bridgehead atoms. The van der Waals surface area contributed by atoms with Crippen LogP contribution in [0.1, 0.15) is 6.04 Å². The number of aliphatic hydroxyl groups is 3. The second kappa shape index (κ2) is 3.56. The molecule has 2 aromatic heterocycles. The van der Waals surface area contributed by atoms with Crippen LogP contribution in [0.2, 0.25) is 0 Å². The van der Waals surface area contributed by atoms with Crippen molar-refractivity contribution in [2.24, 2.45) is 17.3 Å². The van der Waals surface area contributed by atoms with Crippen LogP contribution in [0.4, 0.5) is 5.82 Å². The predicted octanol–water partition coefficient (Wildman–Crippen LogP) is -0.985. The van der Waals surface area contributed by atoms with Gasteiger partial charge >= 0.3 is 0 Å². The average molecular weight is 321 g/mol. The van der Waals surface area contributed by atoms with E-state index in [1.54, 1.807) is 10.9 Å². The topological polar surface area (TPSA) is 130 Å². The maximum absolute atomic E-state index is 10.5. The first-order chi connectivity index (χ1) is 10.5. The minimum atomic E-state index is -1.16. The highest BCUT2D eigenvalue weighted by atomic mass is 32.2. The summed E-state index contributed by atoms with van der Waals surface area (Å²) in [6.07, 6.45) is 2.51. The predicted molar refractivity (Wildman–Crippen MR) is 78.0 cm³/mol. The summed E-state index contributed by atoms with van der Waals surface area (Å²) in [7, 11) is 0. The van der Waals surface area contributed by atoms with Crippen LogP contribution in [0.3, 0.4) is 0 Å². The van der Waals surface area contributed by atoms with E-state index in [4.69, 9.17) is 5.73 Å². The fraction of sp³-hybridized carbons (Fsp3) is 0.615. The molecule has 0 aliphatic heterocycles. The molecule has 22 heavy (non-hydrogen) atoms. The zero-order valence-electron chi connectivity index (χ0n) is 11.7. The normalized spacial score (nSPS) is 44.4. The summed E-state index contributed by atoms with van der Waals surface area (Å²) < 4.78 is 1.78. The number of nitrogen functional groups attached to an aromatic ring is 1. The number of imidazole rings is 1. The lowest BCUT2D eigenvalue weighted by Crippen LogP contribution is -2.34. The van der Waals surface area contributed by atoms with Crippen molar-refractivity contribution in [1.29, 1.82) is 0 Å². The molecule has 4 saturated carbocycles. The number of nitrogens with two attached hydrogens (primary N) is 1. The second-order valence-electron chi connectivity index (χ2n) is 6.38. The van der Waals surface area contributed by atoms with Crippen LogP contribution in [0.5, 0.6) is 0 Å². The molecule has 0 aromatic carbocycles. The van der Waals surface area contributed by atoms with Crippen molar-refractivity contribution in [3.8, 4) is 0 Å². The Morgan fingerprint density at radius 3 is 2.82 bits per heavy atom. The molecule has 6 atom stereocenters. The first-order valence-corrected chi connectivity index (χ1v) is 8.30. The lowest BCUT2D eigenvalue weighted by Gasteiger charge is -2.18. The number of nitrogens with zero attached hydrogens (tertiary/aromatic N) is 4. The van der Waals surface area contributed by atoms with E-state index in [0.717, 1.165) is 0 Å². The molecule has 116 valence electrons. The molecule has 4 aliphatic carbocycles. The number of aromatic nitrogens is 4. The first-order valence-electron chi connectivity index (χ1n) is 7.07. The number of rotatable bonds is 3. The fourth-order valence-corrected chi connectivity index (χ4v) is 5.18. The summed E-state index contributed by atoms with van der Waals surface area (Å²) in [5.41, 5.74) is 5.28. The second-order valence-corrected chi connectivity index (χ2v) is 7.16. The largest absolute Gasteiger partial charge is 0.396 e. The van der Waals surface area contributed by atoms with Gasteiger partial charge in [0.2, 0.25) is 0 Å². The lowest BCUT2D eigenvalue weighted by molar-refractivity contribution is -0.0307. The Morgan fingerprint density at radius 1 is 1.45 bits per heavy atom. The van der Waals surface area contributed by atoms with Gasteiger partial charge in [-0.25, -0.2) is 15.0 Å².